The Hall–Kier alpha value is -2.77. The molecule has 6 nitrogen and oxygen atoms in total. The average Bonchev–Trinajstić information content (AvgIpc) is 2.40. The molecule has 0 atom stereocenters. The lowest BCUT2D eigenvalue weighted by atomic mass is 10.1. The number of imide groups is 1. The molecular formula is C13H12F2N2O4. The van der Waals surface area contributed by atoms with Crippen LogP contribution in [-0.2, 0) is 9.59 Å². The number of amides is 3. The van der Waals surface area contributed by atoms with Gasteiger partial charge in [0.2, 0.25) is 0 Å². The van der Waals surface area contributed by atoms with Crippen LogP contribution in [0.3, 0.4) is 0 Å². The predicted molar refractivity (Wildman–Crippen MR) is 69.5 cm³/mol. The van der Waals surface area contributed by atoms with Crippen molar-refractivity contribution >= 4 is 23.6 Å². The summed E-state index contributed by atoms with van der Waals surface area (Å²) in [6, 6.07) is 1.66. The van der Waals surface area contributed by atoms with Gasteiger partial charge in [0.15, 0.2) is 11.6 Å². The van der Waals surface area contributed by atoms with E-state index in [4.69, 9.17) is 5.11 Å². The second-order valence-electron chi connectivity index (χ2n) is 4.09. The van der Waals surface area contributed by atoms with Gasteiger partial charge in [-0.25, -0.2) is 18.4 Å². The van der Waals surface area contributed by atoms with E-state index in [0.29, 0.717) is 0 Å². The van der Waals surface area contributed by atoms with Crippen molar-refractivity contribution < 1.29 is 28.3 Å². The lowest BCUT2D eigenvalue weighted by molar-refractivity contribution is -0.133. The summed E-state index contributed by atoms with van der Waals surface area (Å²) in [7, 11) is 0. The fraction of sp³-hybridized carbons (Fsp3) is 0.154. The van der Waals surface area contributed by atoms with Gasteiger partial charge in [-0.3, -0.25) is 10.1 Å². The summed E-state index contributed by atoms with van der Waals surface area (Å²) in [5.41, 5.74) is -0.424. The molecule has 0 aliphatic heterocycles. The van der Waals surface area contributed by atoms with Gasteiger partial charge < -0.3 is 10.4 Å². The van der Waals surface area contributed by atoms with E-state index in [9.17, 15) is 23.2 Å². The highest BCUT2D eigenvalue weighted by atomic mass is 19.2. The number of carboxylic acid groups (broad SMARTS) is 1. The number of halogens is 2. The number of hydrogen-bond acceptors (Lipinski definition) is 3. The van der Waals surface area contributed by atoms with Crippen LogP contribution in [0.15, 0.2) is 29.3 Å². The molecule has 1 aromatic carbocycles. The number of rotatable bonds is 3. The van der Waals surface area contributed by atoms with Gasteiger partial charge in [-0.2, -0.15) is 0 Å². The zero-order valence-corrected chi connectivity index (χ0v) is 11.2. The van der Waals surface area contributed by atoms with E-state index in [2.05, 4.69) is 5.32 Å². The summed E-state index contributed by atoms with van der Waals surface area (Å²) < 4.78 is 25.6. The SMILES string of the molecule is CC(C(=O)O)=C(C)C(=O)NC(=O)Nc1ccc(F)c(F)c1. The Bertz CT molecular complexity index is 641. The predicted octanol–water partition coefficient (Wildman–Crippen LogP) is 2.03. The number of nitrogens with one attached hydrogen (secondary N) is 2. The third-order valence-corrected chi connectivity index (χ3v) is 2.63. The number of aliphatic carboxylic acids is 1. The first kappa shape index (κ1) is 16.3. The molecule has 8 heteroatoms. The van der Waals surface area contributed by atoms with E-state index >= 15 is 0 Å². The molecule has 1 aromatic rings. The molecule has 0 bridgehead atoms. The molecule has 3 N–H and O–H groups in total. The van der Waals surface area contributed by atoms with E-state index in [1.807, 2.05) is 5.32 Å². The Morgan fingerprint density at radius 1 is 1.05 bits per heavy atom. The molecule has 0 spiro atoms. The molecular weight excluding hydrogens is 286 g/mol. The number of hydrogen-bond donors (Lipinski definition) is 3. The van der Waals surface area contributed by atoms with Gasteiger partial charge in [0.25, 0.3) is 5.91 Å². The van der Waals surface area contributed by atoms with E-state index in [0.717, 1.165) is 18.2 Å². The summed E-state index contributed by atoms with van der Waals surface area (Å²) in [6.07, 6.45) is 0. The van der Waals surface area contributed by atoms with Crippen LogP contribution < -0.4 is 10.6 Å². The lowest BCUT2D eigenvalue weighted by Gasteiger charge is -2.08. The highest BCUT2D eigenvalue weighted by Crippen LogP contribution is 2.13. The second kappa shape index (κ2) is 6.60. The molecule has 0 saturated carbocycles. The number of anilines is 1. The molecule has 0 aliphatic rings. The van der Waals surface area contributed by atoms with Crippen LogP contribution in [0.1, 0.15) is 13.8 Å². The quantitative estimate of drug-likeness (QED) is 0.744. The van der Waals surface area contributed by atoms with E-state index in [1.165, 1.54) is 13.8 Å². The van der Waals surface area contributed by atoms with Crippen LogP contribution >= 0.6 is 0 Å². The molecule has 0 aliphatic carbocycles. The highest BCUT2D eigenvalue weighted by molar-refractivity contribution is 6.10. The Balaban J connectivity index is 2.74. The molecule has 0 aromatic heterocycles. The standard InChI is InChI=1S/C13H12F2N2O4/c1-6(7(2)12(19)20)11(18)17-13(21)16-8-3-4-9(14)10(15)5-8/h3-5H,1-2H3,(H,19,20)(H2,16,17,18,21). The Labute approximate surface area is 118 Å². The Morgan fingerprint density at radius 3 is 2.19 bits per heavy atom. The number of carbonyl (C=O) groups excluding carboxylic acids is 2. The van der Waals surface area contributed by atoms with Crippen molar-refractivity contribution in [3.63, 3.8) is 0 Å². The minimum absolute atomic E-state index is 0.0595. The third-order valence-electron chi connectivity index (χ3n) is 2.63. The zero-order chi connectivity index (χ0) is 16.2. The van der Waals surface area contributed by atoms with Crippen molar-refractivity contribution in [3.05, 3.63) is 41.0 Å². The van der Waals surface area contributed by atoms with Crippen LogP contribution in [0, 0.1) is 11.6 Å². The van der Waals surface area contributed by atoms with Crippen LogP contribution in [-0.4, -0.2) is 23.0 Å². The van der Waals surface area contributed by atoms with Crippen LogP contribution in [0.5, 0.6) is 0 Å². The van der Waals surface area contributed by atoms with E-state index in [-0.39, 0.29) is 16.8 Å². The van der Waals surface area contributed by atoms with Crippen molar-refractivity contribution in [2.45, 2.75) is 13.8 Å². The van der Waals surface area contributed by atoms with Gasteiger partial charge >= 0.3 is 12.0 Å². The minimum Gasteiger partial charge on any atom is -0.478 e. The van der Waals surface area contributed by atoms with Crippen LogP contribution in [0.4, 0.5) is 19.3 Å². The number of carbonyl (C=O) groups is 3. The number of benzene rings is 1. The van der Waals surface area contributed by atoms with Gasteiger partial charge in [0.05, 0.1) is 0 Å². The fourth-order valence-electron chi connectivity index (χ4n) is 1.26. The third kappa shape index (κ3) is 4.37. The summed E-state index contributed by atoms with van der Waals surface area (Å²) in [6.45, 7) is 2.45. The first-order valence-electron chi connectivity index (χ1n) is 5.70. The Morgan fingerprint density at radius 2 is 1.67 bits per heavy atom. The zero-order valence-electron chi connectivity index (χ0n) is 11.2. The molecule has 21 heavy (non-hydrogen) atoms. The maximum absolute atomic E-state index is 12.9. The highest BCUT2D eigenvalue weighted by Gasteiger charge is 2.15. The van der Waals surface area contributed by atoms with Crippen molar-refractivity contribution in [2.75, 3.05) is 5.32 Å². The number of carboxylic acids is 1. The first-order chi connectivity index (χ1) is 9.72. The molecule has 0 saturated heterocycles. The maximum Gasteiger partial charge on any atom is 0.331 e. The molecule has 3 amide bonds. The van der Waals surface area contributed by atoms with Gasteiger partial charge in [0, 0.05) is 22.9 Å². The summed E-state index contributed by atoms with van der Waals surface area (Å²) in [4.78, 5) is 33.7. The second-order valence-corrected chi connectivity index (χ2v) is 4.09. The van der Waals surface area contributed by atoms with Crippen LogP contribution in [0.25, 0.3) is 0 Å². The van der Waals surface area contributed by atoms with E-state index in [1.54, 1.807) is 0 Å². The van der Waals surface area contributed by atoms with E-state index < -0.39 is 29.5 Å². The molecule has 0 heterocycles. The summed E-state index contributed by atoms with van der Waals surface area (Å²) >= 11 is 0. The largest absolute Gasteiger partial charge is 0.478 e. The topological polar surface area (TPSA) is 95.5 Å². The molecule has 0 unspecified atom stereocenters. The molecule has 1 rings (SSSR count). The van der Waals surface area contributed by atoms with Crippen molar-refractivity contribution in [3.8, 4) is 0 Å². The van der Waals surface area contributed by atoms with Crippen molar-refractivity contribution in [1.82, 2.24) is 5.32 Å². The summed E-state index contributed by atoms with van der Waals surface area (Å²) in [5.74, 6) is -4.43. The summed E-state index contributed by atoms with van der Waals surface area (Å²) in [5, 5.41) is 12.7. The van der Waals surface area contributed by atoms with Crippen molar-refractivity contribution in [1.29, 1.82) is 0 Å². The minimum atomic E-state index is -1.29. The maximum atomic E-state index is 12.9. The van der Waals surface area contributed by atoms with Crippen LogP contribution in [0.2, 0.25) is 0 Å². The molecule has 0 fully saturated rings. The Kier molecular flexibility index (Phi) is 5.12. The lowest BCUT2D eigenvalue weighted by Crippen LogP contribution is -2.35. The average molecular weight is 298 g/mol. The monoisotopic (exact) mass is 298 g/mol. The normalized spacial score (nSPS) is 11.4. The van der Waals surface area contributed by atoms with Crippen molar-refractivity contribution in [2.24, 2.45) is 0 Å². The first-order valence-corrected chi connectivity index (χ1v) is 5.70. The van der Waals surface area contributed by atoms with Gasteiger partial charge in [-0.15, -0.1) is 0 Å². The van der Waals surface area contributed by atoms with Gasteiger partial charge in [-0.1, -0.05) is 0 Å². The van der Waals surface area contributed by atoms with Gasteiger partial charge in [-0.05, 0) is 26.0 Å². The fourth-order valence-corrected chi connectivity index (χ4v) is 1.26. The molecule has 112 valence electrons. The molecule has 0 radical (unpaired) electrons. The number of urea groups is 1. The smallest absolute Gasteiger partial charge is 0.331 e. The van der Waals surface area contributed by atoms with Gasteiger partial charge in [0.1, 0.15) is 0 Å².